The molecule has 0 atom stereocenters. The molecule has 1 aromatic carbocycles. The molecule has 0 aromatic heterocycles. The van der Waals surface area contributed by atoms with Crippen molar-refractivity contribution in [3.63, 3.8) is 0 Å². The van der Waals surface area contributed by atoms with Gasteiger partial charge < -0.3 is 0 Å². The number of hydrazine groups is 1. The van der Waals surface area contributed by atoms with Crippen molar-refractivity contribution in [3.8, 4) is 0 Å². The highest BCUT2D eigenvalue weighted by atomic mass is 19.4. The van der Waals surface area contributed by atoms with Crippen molar-refractivity contribution in [2.75, 3.05) is 12.1 Å². The minimum Gasteiger partial charge on any atom is -0.262 e. The topological polar surface area (TPSA) is 52.8 Å². The first-order valence-corrected chi connectivity index (χ1v) is 5.90. The number of carbonyl (C=O) groups excluding carboxylic acids is 2. The number of aliphatic imine (C=N–C) groups is 1. The van der Waals surface area contributed by atoms with Crippen LogP contribution >= 0.6 is 0 Å². The summed E-state index contributed by atoms with van der Waals surface area (Å²) in [5.74, 6) is -3.08. The van der Waals surface area contributed by atoms with Crippen LogP contribution in [0.2, 0.25) is 0 Å². The molecule has 21 heavy (non-hydrogen) atoms. The first kappa shape index (κ1) is 14.9. The number of amides is 2. The predicted octanol–water partition coefficient (Wildman–Crippen LogP) is 1.58. The zero-order valence-electron chi connectivity index (χ0n) is 11.2. The highest BCUT2D eigenvalue weighted by molar-refractivity contribution is 6.70. The second-order valence-corrected chi connectivity index (χ2v) is 4.32. The lowest BCUT2D eigenvalue weighted by Gasteiger charge is -2.09. The molecule has 0 unspecified atom stereocenters. The van der Waals surface area contributed by atoms with E-state index in [1.165, 1.54) is 18.7 Å². The number of rotatable bonds is 1. The fourth-order valence-electron chi connectivity index (χ4n) is 1.85. The van der Waals surface area contributed by atoms with Crippen LogP contribution in [-0.2, 0) is 9.59 Å². The van der Waals surface area contributed by atoms with Gasteiger partial charge in [0.1, 0.15) is 5.69 Å². The average molecular weight is 298 g/mol. The first-order valence-electron chi connectivity index (χ1n) is 5.90. The Balaban J connectivity index is 2.44. The summed E-state index contributed by atoms with van der Waals surface area (Å²) in [6.45, 7) is 1.42. The van der Waals surface area contributed by atoms with Gasteiger partial charge in [0, 0.05) is 6.92 Å². The molecule has 110 valence electrons. The van der Waals surface area contributed by atoms with Gasteiger partial charge in [-0.15, -0.1) is 4.68 Å². The van der Waals surface area contributed by atoms with Crippen LogP contribution in [0, 0.1) is 0 Å². The number of hydrogen-bond acceptors (Lipinski definition) is 2. The van der Waals surface area contributed by atoms with Gasteiger partial charge in [-0.05, 0) is 12.1 Å². The largest absolute Gasteiger partial charge is 0.473 e. The molecule has 2 rings (SSSR count). The zero-order valence-corrected chi connectivity index (χ0v) is 11.2. The fourth-order valence-corrected chi connectivity index (χ4v) is 1.85. The summed E-state index contributed by atoms with van der Waals surface area (Å²) in [4.78, 5) is 26.1. The summed E-state index contributed by atoms with van der Waals surface area (Å²) in [5, 5.41) is 1.15. The molecule has 1 aliphatic rings. The molecule has 0 saturated carbocycles. The molecule has 1 aromatic rings. The SMILES string of the molecule is CC1=[N+](C)N(c2ccccc2)C(=O)C1=NC(=O)C(F)(F)F. The van der Waals surface area contributed by atoms with Crippen LogP contribution in [0.4, 0.5) is 18.9 Å². The van der Waals surface area contributed by atoms with Gasteiger partial charge in [0.05, 0.1) is 0 Å². The minimum atomic E-state index is -5.10. The smallest absolute Gasteiger partial charge is 0.262 e. The monoisotopic (exact) mass is 298 g/mol. The van der Waals surface area contributed by atoms with Crippen molar-refractivity contribution in [1.29, 1.82) is 0 Å². The maximum atomic E-state index is 12.3. The van der Waals surface area contributed by atoms with Crippen LogP contribution in [0.15, 0.2) is 35.3 Å². The Labute approximate surface area is 118 Å². The Morgan fingerprint density at radius 3 is 2.33 bits per heavy atom. The Morgan fingerprint density at radius 1 is 1.24 bits per heavy atom. The standard InChI is InChI=1S/C13H11F3N3O2/c1-8-10(17-12(21)13(14,15)16)11(20)19(18(8)2)9-6-4-3-5-7-9/h3-7H,1-2H3/q+1. The zero-order chi connectivity index (χ0) is 15.8. The molecular formula is C13H11F3N3O2+. The van der Waals surface area contributed by atoms with Crippen LogP contribution in [0.1, 0.15) is 6.92 Å². The molecule has 1 aliphatic heterocycles. The van der Waals surface area contributed by atoms with Crippen LogP contribution in [0.3, 0.4) is 0 Å². The molecule has 0 saturated heterocycles. The number of hydrogen-bond donors (Lipinski definition) is 0. The van der Waals surface area contributed by atoms with E-state index in [1.807, 2.05) is 0 Å². The lowest BCUT2D eigenvalue weighted by molar-refractivity contribution is -0.495. The number of hydrazone groups is 1. The Hall–Kier alpha value is -2.51. The van der Waals surface area contributed by atoms with E-state index in [0.717, 1.165) is 5.01 Å². The molecular weight excluding hydrogens is 287 g/mol. The minimum absolute atomic E-state index is 0.168. The molecule has 0 N–H and O–H groups in total. The summed E-state index contributed by atoms with van der Waals surface area (Å²) < 4.78 is 38.2. The Morgan fingerprint density at radius 2 is 1.81 bits per heavy atom. The van der Waals surface area contributed by atoms with Crippen molar-refractivity contribution in [2.45, 2.75) is 13.1 Å². The van der Waals surface area contributed by atoms with E-state index in [4.69, 9.17) is 0 Å². The van der Waals surface area contributed by atoms with Gasteiger partial charge in [0.15, 0.2) is 7.05 Å². The Kier molecular flexibility index (Phi) is 3.63. The van der Waals surface area contributed by atoms with Crippen LogP contribution in [0.25, 0.3) is 0 Å². The van der Waals surface area contributed by atoms with Gasteiger partial charge in [0.2, 0.25) is 11.4 Å². The third-order valence-corrected chi connectivity index (χ3v) is 2.98. The predicted molar refractivity (Wildman–Crippen MR) is 69.3 cm³/mol. The number of benzene rings is 1. The van der Waals surface area contributed by atoms with Crippen LogP contribution < -0.4 is 5.01 Å². The molecule has 1 heterocycles. The molecule has 8 heteroatoms. The number of carbonyl (C=O) groups is 2. The van der Waals surface area contributed by atoms with E-state index >= 15 is 0 Å². The molecule has 0 radical (unpaired) electrons. The summed E-state index contributed by atoms with van der Waals surface area (Å²) in [7, 11) is 1.50. The van der Waals surface area contributed by atoms with Gasteiger partial charge in [-0.3, -0.25) is 9.59 Å². The first-order chi connectivity index (χ1) is 9.73. The van der Waals surface area contributed by atoms with Crippen molar-refractivity contribution in [1.82, 2.24) is 0 Å². The van der Waals surface area contributed by atoms with Crippen molar-refractivity contribution >= 4 is 28.9 Å². The molecule has 2 amide bonds. The number of nitrogens with zero attached hydrogens (tertiary/aromatic N) is 3. The molecule has 0 bridgehead atoms. The highest BCUT2D eigenvalue weighted by Crippen LogP contribution is 2.20. The number of anilines is 1. The summed E-state index contributed by atoms with van der Waals surface area (Å²) in [6.07, 6.45) is -5.10. The lowest BCUT2D eigenvalue weighted by atomic mass is 10.2. The van der Waals surface area contributed by atoms with Crippen LogP contribution in [0.5, 0.6) is 0 Å². The van der Waals surface area contributed by atoms with Gasteiger partial charge in [-0.25, -0.2) is 0 Å². The van der Waals surface area contributed by atoms with Crippen molar-refractivity contribution < 1.29 is 27.4 Å². The number of halogens is 3. The third-order valence-electron chi connectivity index (χ3n) is 2.98. The maximum Gasteiger partial charge on any atom is 0.473 e. The van der Waals surface area contributed by atoms with Gasteiger partial charge in [-0.1, -0.05) is 23.2 Å². The van der Waals surface area contributed by atoms with E-state index in [9.17, 15) is 22.8 Å². The number of alkyl halides is 3. The van der Waals surface area contributed by atoms with Gasteiger partial charge in [0.25, 0.3) is 0 Å². The molecule has 5 nitrogen and oxygen atoms in total. The lowest BCUT2D eigenvalue weighted by Crippen LogP contribution is -2.35. The molecule has 0 aliphatic carbocycles. The third kappa shape index (κ3) is 2.69. The van der Waals surface area contributed by atoms with E-state index < -0.39 is 23.7 Å². The fraction of sp³-hybridized carbons (Fsp3) is 0.231. The summed E-state index contributed by atoms with van der Waals surface area (Å²) in [6, 6.07) is 8.35. The van der Waals surface area contributed by atoms with E-state index in [1.54, 1.807) is 30.3 Å². The summed E-state index contributed by atoms with van der Waals surface area (Å²) in [5.41, 5.74) is 0.124. The number of para-hydroxylation sites is 1. The van der Waals surface area contributed by atoms with E-state index in [2.05, 4.69) is 4.99 Å². The maximum absolute atomic E-state index is 12.3. The summed E-state index contributed by atoms with van der Waals surface area (Å²) >= 11 is 0. The molecule has 0 fully saturated rings. The normalized spacial score (nSPS) is 17.9. The quantitative estimate of drug-likeness (QED) is 0.739. The highest BCUT2D eigenvalue weighted by Gasteiger charge is 2.45. The average Bonchev–Trinajstić information content (AvgIpc) is 2.63. The van der Waals surface area contributed by atoms with Gasteiger partial charge in [-0.2, -0.15) is 18.2 Å². The van der Waals surface area contributed by atoms with Crippen molar-refractivity contribution in [2.24, 2.45) is 4.99 Å². The Bertz CT molecular complexity index is 663. The van der Waals surface area contributed by atoms with E-state index in [-0.39, 0.29) is 5.71 Å². The van der Waals surface area contributed by atoms with E-state index in [0.29, 0.717) is 5.69 Å². The second kappa shape index (κ2) is 5.12. The van der Waals surface area contributed by atoms with Crippen molar-refractivity contribution in [3.05, 3.63) is 30.3 Å². The molecule has 0 spiro atoms. The van der Waals surface area contributed by atoms with Crippen LogP contribution in [-0.4, -0.2) is 41.1 Å². The van der Waals surface area contributed by atoms with Gasteiger partial charge >= 0.3 is 18.0 Å². The second-order valence-electron chi connectivity index (χ2n) is 4.32.